The van der Waals surface area contributed by atoms with Crippen LogP contribution in [0.25, 0.3) is 0 Å². The summed E-state index contributed by atoms with van der Waals surface area (Å²) < 4.78 is 5.84. The lowest BCUT2D eigenvalue weighted by atomic mass is 10.1. The van der Waals surface area contributed by atoms with E-state index in [1.165, 1.54) is 5.56 Å². The Balaban J connectivity index is 2.24. The summed E-state index contributed by atoms with van der Waals surface area (Å²) in [6, 6.07) is 15.8. The zero-order valence-electron chi connectivity index (χ0n) is 11.3. The number of para-hydroxylation sites is 1. The Morgan fingerprint density at radius 1 is 1.11 bits per heavy atom. The number of nitrogens with zero attached hydrogens (tertiary/aromatic N) is 1. The summed E-state index contributed by atoms with van der Waals surface area (Å²) in [6.07, 6.45) is 2.21. The molecule has 19 heavy (non-hydrogen) atoms. The predicted molar refractivity (Wildman–Crippen MR) is 76.4 cm³/mol. The minimum atomic E-state index is 0.567. The fourth-order valence-electron chi connectivity index (χ4n) is 2.01. The number of rotatable bonds is 4. The zero-order chi connectivity index (χ0) is 13.7. The van der Waals surface area contributed by atoms with Crippen molar-refractivity contribution in [1.29, 1.82) is 5.26 Å². The molecule has 2 rings (SSSR count). The van der Waals surface area contributed by atoms with Gasteiger partial charge in [-0.2, -0.15) is 5.26 Å². The van der Waals surface area contributed by atoms with Crippen LogP contribution < -0.4 is 4.74 Å². The Bertz CT molecular complexity index is 594. The second-order valence-corrected chi connectivity index (χ2v) is 4.56. The van der Waals surface area contributed by atoms with Crippen LogP contribution in [0.5, 0.6) is 11.5 Å². The second kappa shape index (κ2) is 6.06. The molecular formula is C17H17NO. The Kier molecular flexibility index (Phi) is 4.20. The maximum atomic E-state index is 9.10. The lowest BCUT2D eigenvalue weighted by molar-refractivity contribution is 0.477. The van der Waals surface area contributed by atoms with Gasteiger partial charge in [-0.1, -0.05) is 37.6 Å². The number of hydrogen-bond acceptors (Lipinski definition) is 2. The molecule has 0 saturated carbocycles. The molecule has 0 N–H and O–H groups in total. The van der Waals surface area contributed by atoms with Crippen LogP contribution in [-0.2, 0) is 6.42 Å². The van der Waals surface area contributed by atoms with Crippen molar-refractivity contribution in [3.63, 3.8) is 0 Å². The van der Waals surface area contributed by atoms with Crippen molar-refractivity contribution in [3.8, 4) is 17.6 Å². The van der Waals surface area contributed by atoms with Crippen LogP contribution in [0.2, 0.25) is 0 Å². The number of nitriles is 1. The van der Waals surface area contributed by atoms with Gasteiger partial charge >= 0.3 is 0 Å². The van der Waals surface area contributed by atoms with E-state index in [2.05, 4.69) is 25.1 Å². The first-order valence-corrected chi connectivity index (χ1v) is 6.51. The summed E-state index contributed by atoms with van der Waals surface area (Å²) >= 11 is 0. The van der Waals surface area contributed by atoms with Crippen molar-refractivity contribution in [2.24, 2.45) is 0 Å². The van der Waals surface area contributed by atoms with Crippen LogP contribution in [-0.4, -0.2) is 0 Å². The molecule has 96 valence electrons. The van der Waals surface area contributed by atoms with Crippen molar-refractivity contribution < 1.29 is 4.74 Å². The quantitative estimate of drug-likeness (QED) is 0.794. The topological polar surface area (TPSA) is 33.0 Å². The first-order valence-electron chi connectivity index (χ1n) is 6.51. The highest BCUT2D eigenvalue weighted by Gasteiger charge is 2.07. The largest absolute Gasteiger partial charge is 0.456 e. The summed E-state index contributed by atoms with van der Waals surface area (Å²) in [5.74, 6) is 1.42. The van der Waals surface area contributed by atoms with Crippen molar-refractivity contribution in [2.75, 3.05) is 0 Å². The van der Waals surface area contributed by atoms with E-state index in [0.29, 0.717) is 11.3 Å². The van der Waals surface area contributed by atoms with E-state index in [0.717, 1.165) is 24.2 Å². The molecule has 0 saturated heterocycles. The molecule has 0 heterocycles. The summed E-state index contributed by atoms with van der Waals surface area (Å²) in [5, 5.41) is 9.10. The van der Waals surface area contributed by atoms with E-state index in [9.17, 15) is 0 Å². The van der Waals surface area contributed by atoms with Gasteiger partial charge in [-0.05, 0) is 42.7 Å². The minimum Gasteiger partial charge on any atom is -0.456 e. The van der Waals surface area contributed by atoms with Crippen molar-refractivity contribution in [2.45, 2.75) is 26.7 Å². The molecule has 2 heteroatoms. The van der Waals surface area contributed by atoms with Crippen LogP contribution in [0.15, 0.2) is 42.5 Å². The number of benzene rings is 2. The lowest BCUT2D eigenvalue weighted by Crippen LogP contribution is -1.92. The van der Waals surface area contributed by atoms with Gasteiger partial charge in [0.2, 0.25) is 0 Å². The maximum Gasteiger partial charge on any atom is 0.148 e. The fraction of sp³-hybridized carbons (Fsp3) is 0.235. The third-order valence-electron chi connectivity index (χ3n) is 3.01. The number of aryl methyl sites for hydroxylation is 2. The van der Waals surface area contributed by atoms with Gasteiger partial charge in [0.05, 0.1) is 5.56 Å². The van der Waals surface area contributed by atoms with E-state index in [4.69, 9.17) is 10.00 Å². The first-order chi connectivity index (χ1) is 9.24. The van der Waals surface area contributed by atoms with Crippen LogP contribution in [0.1, 0.15) is 30.0 Å². The molecule has 0 aromatic heterocycles. The van der Waals surface area contributed by atoms with Crippen molar-refractivity contribution in [3.05, 3.63) is 59.2 Å². The van der Waals surface area contributed by atoms with Crippen LogP contribution >= 0.6 is 0 Å². The standard InChI is InChI=1S/C17H17NO/c1-3-5-14-8-10-16(11-9-14)19-17-13(2)6-4-7-15(17)12-18/h4,6-11H,3,5H2,1-2H3. The van der Waals surface area contributed by atoms with E-state index < -0.39 is 0 Å². The smallest absolute Gasteiger partial charge is 0.148 e. The summed E-state index contributed by atoms with van der Waals surface area (Å²) in [7, 11) is 0. The zero-order valence-corrected chi connectivity index (χ0v) is 11.3. The Labute approximate surface area is 114 Å². The molecule has 0 unspecified atom stereocenters. The van der Waals surface area contributed by atoms with E-state index in [1.54, 1.807) is 6.07 Å². The average molecular weight is 251 g/mol. The van der Waals surface area contributed by atoms with Gasteiger partial charge in [-0.25, -0.2) is 0 Å². The second-order valence-electron chi connectivity index (χ2n) is 4.56. The summed E-state index contributed by atoms with van der Waals surface area (Å²) in [4.78, 5) is 0. The van der Waals surface area contributed by atoms with Crippen LogP contribution in [0.4, 0.5) is 0 Å². The molecule has 0 bridgehead atoms. The Morgan fingerprint density at radius 3 is 2.47 bits per heavy atom. The third-order valence-corrected chi connectivity index (χ3v) is 3.01. The molecule has 0 fully saturated rings. The molecule has 0 spiro atoms. The highest BCUT2D eigenvalue weighted by atomic mass is 16.5. The first kappa shape index (κ1) is 13.2. The SMILES string of the molecule is CCCc1ccc(Oc2c(C)cccc2C#N)cc1. The molecular weight excluding hydrogens is 234 g/mol. The van der Waals surface area contributed by atoms with E-state index in [1.807, 2.05) is 31.2 Å². The monoisotopic (exact) mass is 251 g/mol. The van der Waals surface area contributed by atoms with Crippen molar-refractivity contribution >= 4 is 0 Å². The predicted octanol–water partition coefficient (Wildman–Crippen LogP) is 4.61. The fourth-order valence-corrected chi connectivity index (χ4v) is 2.01. The van der Waals surface area contributed by atoms with Gasteiger partial charge in [0.25, 0.3) is 0 Å². The van der Waals surface area contributed by atoms with Gasteiger partial charge in [0, 0.05) is 0 Å². The third kappa shape index (κ3) is 3.14. The Morgan fingerprint density at radius 2 is 1.84 bits per heavy atom. The highest BCUT2D eigenvalue weighted by molar-refractivity contribution is 5.50. The highest BCUT2D eigenvalue weighted by Crippen LogP contribution is 2.28. The molecule has 0 aliphatic heterocycles. The number of hydrogen-bond donors (Lipinski definition) is 0. The van der Waals surface area contributed by atoms with Gasteiger partial charge in [-0.3, -0.25) is 0 Å². The van der Waals surface area contributed by atoms with Crippen molar-refractivity contribution in [1.82, 2.24) is 0 Å². The summed E-state index contributed by atoms with van der Waals surface area (Å²) in [6.45, 7) is 4.11. The minimum absolute atomic E-state index is 0.567. The molecule has 2 aromatic rings. The van der Waals surface area contributed by atoms with Crippen LogP contribution in [0, 0.1) is 18.3 Å². The molecule has 2 aromatic carbocycles. The Hall–Kier alpha value is -2.27. The van der Waals surface area contributed by atoms with Gasteiger partial charge < -0.3 is 4.74 Å². The van der Waals surface area contributed by atoms with Gasteiger partial charge in [-0.15, -0.1) is 0 Å². The lowest BCUT2D eigenvalue weighted by Gasteiger charge is -2.10. The van der Waals surface area contributed by atoms with Gasteiger partial charge in [0.15, 0.2) is 0 Å². The van der Waals surface area contributed by atoms with E-state index in [-0.39, 0.29) is 0 Å². The molecule has 0 radical (unpaired) electrons. The molecule has 2 nitrogen and oxygen atoms in total. The number of ether oxygens (including phenoxy) is 1. The molecule has 0 aliphatic carbocycles. The molecule has 0 atom stereocenters. The van der Waals surface area contributed by atoms with Gasteiger partial charge in [0.1, 0.15) is 17.6 Å². The normalized spacial score (nSPS) is 9.95. The molecule has 0 aliphatic rings. The summed E-state index contributed by atoms with van der Waals surface area (Å²) in [5.41, 5.74) is 2.84. The maximum absolute atomic E-state index is 9.10. The molecule has 0 amide bonds. The van der Waals surface area contributed by atoms with Crippen LogP contribution in [0.3, 0.4) is 0 Å². The average Bonchev–Trinajstić information content (AvgIpc) is 2.43. The van der Waals surface area contributed by atoms with E-state index >= 15 is 0 Å².